The van der Waals surface area contributed by atoms with Gasteiger partial charge in [-0.15, -0.1) is 0 Å². The van der Waals surface area contributed by atoms with E-state index in [9.17, 15) is 5.11 Å². The average Bonchev–Trinajstić information content (AvgIpc) is 2.39. The molecular formula is C13H20O5. The summed E-state index contributed by atoms with van der Waals surface area (Å²) in [6.07, 6.45) is -0.783. The molecule has 0 radical (unpaired) electrons. The molecule has 1 aromatic carbocycles. The van der Waals surface area contributed by atoms with E-state index < -0.39 is 11.9 Å². The molecule has 1 atom stereocenters. The van der Waals surface area contributed by atoms with Crippen molar-refractivity contribution in [1.82, 2.24) is 0 Å². The van der Waals surface area contributed by atoms with Gasteiger partial charge in [-0.25, -0.2) is 0 Å². The van der Waals surface area contributed by atoms with Crippen molar-refractivity contribution in [2.24, 2.45) is 0 Å². The van der Waals surface area contributed by atoms with Crippen molar-refractivity contribution in [1.29, 1.82) is 0 Å². The Hall–Kier alpha value is -1.30. The first kappa shape index (κ1) is 14.8. The van der Waals surface area contributed by atoms with Gasteiger partial charge in [-0.3, -0.25) is 0 Å². The topological polar surface area (TPSA) is 57.2 Å². The Labute approximate surface area is 107 Å². The van der Waals surface area contributed by atoms with Crippen LogP contribution in [0.1, 0.15) is 12.5 Å². The Bertz CT molecular complexity index is 363. The van der Waals surface area contributed by atoms with Gasteiger partial charge in [-0.1, -0.05) is 0 Å². The molecule has 1 unspecified atom stereocenters. The maximum atomic E-state index is 10.5. The number of hydrogen-bond acceptors (Lipinski definition) is 5. The van der Waals surface area contributed by atoms with Gasteiger partial charge in [0.15, 0.2) is 6.29 Å². The van der Waals surface area contributed by atoms with E-state index in [2.05, 4.69) is 0 Å². The molecule has 1 N–H and O–H groups in total. The van der Waals surface area contributed by atoms with Crippen LogP contribution in [0, 0.1) is 0 Å². The smallest absolute Gasteiger partial charge is 0.189 e. The summed E-state index contributed by atoms with van der Waals surface area (Å²) in [4.78, 5) is 0. The van der Waals surface area contributed by atoms with Crippen LogP contribution in [0.2, 0.25) is 0 Å². The van der Waals surface area contributed by atoms with E-state index in [1.54, 1.807) is 39.3 Å². The molecule has 0 amide bonds. The molecule has 102 valence electrons. The van der Waals surface area contributed by atoms with Crippen LogP contribution < -0.4 is 9.47 Å². The predicted octanol–water partition coefficient (Wildman–Crippen LogP) is 1.53. The third-order valence-electron chi connectivity index (χ3n) is 2.82. The lowest BCUT2D eigenvalue weighted by atomic mass is 9.94. The van der Waals surface area contributed by atoms with Crippen molar-refractivity contribution >= 4 is 0 Å². The second-order valence-corrected chi connectivity index (χ2v) is 4.05. The molecule has 1 rings (SSSR count). The highest BCUT2D eigenvalue weighted by atomic mass is 16.7. The molecule has 5 nitrogen and oxygen atoms in total. The number of methoxy groups -OCH3 is 4. The van der Waals surface area contributed by atoms with Crippen LogP contribution >= 0.6 is 0 Å². The summed E-state index contributed by atoms with van der Waals surface area (Å²) in [6.45, 7) is 1.61. The lowest BCUT2D eigenvalue weighted by Crippen LogP contribution is -2.39. The molecule has 0 bridgehead atoms. The third kappa shape index (κ3) is 2.93. The summed E-state index contributed by atoms with van der Waals surface area (Å²) >= 11 is 0. The monoisotopic (exact) mass is 256 g/mol. The van der Waals surface area contributed by atoms with Gasteiger partial charge < -0.3 is 24.1 Å². The largest absolute Gasteiger partial charge is 0.497 e. The summed E-state index contributed by atoms with van der Waals surface area (Å²) < 4.78 is 20.6. The molecule has 0 spiro atoms. The lowest BCUT2D eigenvalue weighted by molar-refractivity contribution is -0.213. The van der Waals surface area contributed by atoms with Crippen LogP contribution in [0.25, 0.3) is 0 Å². The van der Waals surface area contributed by atoms with E-state index >= 15 is 0 Å². The number of benzene rings is 1. The molecule has 0 aliphatic rings. The Morgan fingerprint density at radius 1 is 0.944 bits per heavy atom. The van der Waals surface area contributed by atoms with Crippen molar-refractivity contribution < 1.29 is 24.1 Å². The van der Waals surface area contributed by atoms with Crippen LogP contribution in [0.4, 0.5) is 0 Å². The van der Waals surface area contributed by atoms with Gasteiger partial charge in [0, 0.05) is 20.3 Å². The molecule has 0 saturated carbocycles. The van der Waals surface area contributed by atoms with Gasteiger partial charge in [0.2, 0.25) is 0 Å². The molecule has 18 heavy (non-hydrogen) atoms. The third-order valence-corrected chi connectivity index (χ3v) is 2.82. The summed E-state index contributed by atoms with van der Waals surface area (Å²) in [6, 6.07) is 5.16. The zero-order valence-corrected chi connectivity index (χ0v) is 11.4. The first-order chi connectivity index (χ1) is 8.49. The van der Waals surface area contributed by atoms with Crippen molar-refractivity contribution in [3.05, 3.63) is 23.8 Å². The Balaban J connectivity index is 3.21. The molecule has 0 heterocycles. The van der Waals surface area contributed by atoms with E-state index in [0.717, 1.165) is 0 Å². The van der Waals surface area contributed by atoms with Crippen LogP contribution in [-0.2, 0) is 15.1 Å². The number of aliphatic hydroxyl groups is 1. The maximum Gasteiger partial charge on any atom is 0.189 e. The van der Waals surface area contributed by atoms with Crippen LogP contribution in [0.3, 0.4) is 0 Å². The van der Waals surface area contributed by atoms with E-state index in [1.165, 1.54) is 14.2 Å². The van der Waals surface area contributed by atoms with Crippen molar-refractivity contribution in [3.63, 3.8) is 0 Å². The van der Waals surface area contributed by atoms with Crippen molar-refractivity contribution in [3.8, 4) is 11.5 Å². The molecular weight excluding hydrogens is 236 g/mol. The van der Waals surface area contributed by atoms with Gasteiger partial charge in [0.25, 0.3) is 0 Å². The van der Waals surface area contributed by atoms with Crippen molar-refractivity contribution in [2.45, 2.75) is 18.8 Å². The SMILES string of the molecule is COc1cc(OC)cc(C(C)(O)C(OC)OC)c1. The van der Waals surface area contributed by atoms with Gasteiger partial charge >= 0.3 is 0 Å². The van der Waals surface area contributed by atoms with E-state index in [-0.39, 0.29) is 0 Å². The Morgan fingerprint density at radius 2 is 1.39 bits per heavy atom. The van der Waals surface area contributed by atoms with Gasteiger partial charge in [-0.2, -0.15) is 0 Å². The minimum absolute atomic E-state index is 0.590. The van der Waals surface area contributed by atoms with Crippen LogP contribution in [-0.4, -0.2) is 39.8 Å². The molecule has 5 heteroatoms. The van der Waals surface area contributed by atoms with Gasteiger partial charge in [-0.05, 0) is 24.6 Å². The fourth-order valence-electron chi connectivity index (χ4n) is 1.79. The zero-order chi connectivity index (χ0) is 13.8. The van der Waals surface area contributed by atoms with Gasteiger partial charge in [0.1, 0.15) is 17.1 Å². The first-order valence-corrected chi connectivity index (χ1v) is 5.51. The normalized spacial score (nSPS) is 14.4. The Morgan fingerprint density at radius 3 is 1.72 bits per heavy atom. The zero-order valence-electron chi connectivity index (χ0n) is 11.4. The highest BCUT2D eigenvalue weighted by Crippen LogP contribution is 2.33. The molecule has 0 aliphatic carbocycles. The second kappa shape index (κ2) is 6.04. The highest BCUT2D eigenvalue weighted by molar-refractivity contribution is 5.41. The van der Waals surface area contributed by atoms with E-state index in [0.29, 0.717) is 17.1 Å². The van der Waals surface area contributed by atoms with Crippen molar-refractivity contribution in [2.75, 3.05) is 28.4 Å². The average molecular weight is 256 g/mol. The number of hydrogen-bond donors (Lipinski definition) is 1. The summed E-state index contributed by atoms with van der Waals surface area (Å²) in [5, 5.41) is 10.5. The molecule has 0 aliphatic heterocycles. The summed E-state index contributed by atoms with van der Waals surface area (Å²) in [5.74, 6) is 1.19. The Kier molecular flexibility index (Phi) is 4.95. The van der Waals surface area contributed by atoms with Crippen LogP contribution in [0.5, 0.6) is 11.5 Å². The number of rotatable bonds is 6. The van der Waals surface area contributed by atoms with E-state index in [4.69, 9.17) is 18.9 Å². The van der Waals surface area contributed by atoms with Gasteiger partial charge in [0.05, 0.1) is 14.2 Å². The lowest BCUT2D eigenvalue weighted by Gasteiger charge is -2.31. The molecule has 0 aromatic heterocycles. The standard InChI is InChI=1S/C13H20O5/c1-13(14,12(17-4)18-5)9-6-10(15-2)8-11(7-9)16-3/h6-8,12,14H,1-5H3. The molecule has 1 aromatic rings. The molecule has 0 fully saturated rings. The van der Waals surface area contributed by atoms with E-state index in [1.807, 2.05) is 0 Å². The maximum absolute atomic E-state index is 10.5. The number of ether oxygens (including phenoxy) is 4. The fraction of sp³-hybridized carbons (Fsp3) is 0.538. The fourth-order valence-corrected chi connectivity index (χ4v) is 1.79. The minimum Gasteiger partial charge on any atom is -0.497 e. The quantitative estimate of drug-likeness (QED) is 0.782. The summed E-state index contributed by atoms with van der Waals surface area (Å²) in [5.41, 5.74) is -0.724. The predicted molar refractivity (Wildman–Crippen MR) is 66.9 cm³/mol. The molecule has 0 saturated heterocycles. The first-order valence-electron chi connectivity index (χ1n) is 5.51. The summed E-state index contributed by atoms with van der Waals surface area (Å²) in [7, 11) is 6.05. The van der Waals surface area contributed by atoms with Crippen LogP contribution in [0.15, 0.2) is 18.2 Å². The minimum atomic E-state index is -1.31. The highest BCUT2D eigenvalue weighted by Gasteiger charge is 2.35. The second-order valence-electron chi connectivity index (χ2n) is 4.05.